The minimum atomic E-state index is -0.359. The molecule has 5 nitrogen and oxygen atoms in total. The molecule has 0 aromatic heterocycles. The fourth-order valence-corrected chi connectivity index (χ4v) is 1.89. The summed E-state index contributed by atoms with van der Waals surface area (Å²) in [5, 5.41) is 3.32. The summed E-state index contributed by atoms with van der Waals surface area (Å²) in [6.45, 7) is 7.87. The number of rotatable bonds is 8. The Morgan fingerprint density at radius 1 is 1.38 bits per heavy atom. The Hall–Kier alpha value is -1.75. The Balaban J connectivity index is 2.81. The molecule has 0 heterocycles. The van der Waals surface area contributed by atoms with E-state index < -0.39 is 0 Å². The van der Waals surface area contributed by atoms with Crippen LogP contribution in [-0.2, 0) is 9.47 Å². The largest absolute Gasteiger partial charge is 0.462 e. The quantitative estimate of drug-likeness (QED) is 0.569. The molecule has 0 fully saturated rings. The summed E-state index contributed by atoms with van der Waals surface area (Å²) in [5.74, 6) is -0.359. The lowest BCUT2D eigenvalue weighted by molar-refractivity contribution is 0.0527. The van der Waals surface area contributed by atoms with Crippen LogP contribution in [0.3, 0.4) is 0 Å². The first-order valence-corrected chi connectivity index (χ1v) is 7.19. The third-order valence-electron chi connectivity index (χ3n) is 3.28. The molecular weight excluding hydrogens is 268 g/mol. The standard InChI is InChI=1S/C16H26N2O3/c1-5-21-15(19)13-10-12(17)6-7-14(13)18-11-16(2,3)8-9-20-4/h6-7,10,18H,5,8-9,11,17H2,1-4H3. The van der Waals surface area contributed by atoms with E-state index in [1.165, 1.54) is 0 Å². The molecule has 0 aliphatic rings. The number of methoxy groups -OCH3 is 1. The van der Waals surface area contributed by atoms with Gasteiger partial charge < -0.3 is 20.5 Å². The number of nitrogens with two attached hydrogens (primary N) is 1. The molecule has 0 aliphatic heterocycles. The molecule has 0 radical (unpaired) electrons. The van der Waals surface area contributed by atoms with Crippen molar-refractivity contribution in [1.29, 1.82) is 0 Å². The van der Waals surface area contributed by atoms with Gasteiger partial charge >= 0.3 is 5.97 Å². The van der Waals surface area contributed by atoms with Crippen molar-refractivity contribution < 1.29 is 14.3 Å². The molecule has 0 bridgehead atoms. The van der Waals surface area contributed by atoms with E-state index in [2.05, 4.69) is 19.2 Å². The molecule has 0 saturated heterocycles. The molecule has 1 aromatic rings. The Labute approximate surface area is 126 Å². The average molecular weight is 294 g/mol. The number of hydrogen-bond donors (Lipinski definition) is 2. The maximum Gasteiger partial charge on any atom is 0.340 e. The van der Waals surface area contributed by atoms with Gasteiger partial charge in [-0.3, -0.25) is 0 Å². The minimum absolute atomic E-state index is 0.0589. The predicted molar refractivity (Wildman–Crippen MR) is 85.6 cm³/mol. The minimum Gasteiger partial charge on any atom is -0.462 e. The van der Waals surface area contributed by atoms with Crippen LogP contribution >= 0.6 is 0 Å². The molecule has 1 aromatic carbocycles. The zero-order valence-corrected chi connectivity index (χ0v) is 13.4. The van der Waals surface area contributed by atoms with Crippen molar-refractivity contribution in [2.75, 3.05) is 37.9 Å². The van der Waals surface area contributed by atoms with Gasteiger partial charge in [0.1, 0.15) is 0 Å². The first kappa shape index (κ1) is 17.3. The van der Waals surface area contributed by atoms with Crippen molar-refractivity contribution in [2.24, 2.45) is 5.41 Å². The van der Waals surface area contributed by atoms with Gasteiger partial charge in [0.25, 0.3) is 0 Å². The van der Waals surface area contributed by atoms with Crippen LogP contribution in [0.2, 0.25) is 0 Å². The zero-order chi connectivity index (χ0) is 15.9. The van der Waals surface area contributed by atoms with Crippen LogP contribution in [0.4, 0.5) is 11.4 Å². The number of esters is 1. The summed E-state index contributed by atoms with van der Waals surface area (Å²) >= 11 is 0. The maximum atomic E-state index is 12.0. The predicted octanol–water partition coefficient (Wildman–Crippen LogP) is 2.92. The summed E-state index contributed by atoms with van der Waals surface area (Å²) in [4.78, 5) is 12.0. The highest BCUT2D eigenvalue weighted by molar-refractivity contribution is 5.96. The molecule has 0 saturated carbocycles. The van der Waals surface area contributed by atoms with Crippen LogP contribution in [-0.4, -0.2) is 32.8 Å². The highest BCUT2D eigenvalue weighted by Crippen LogP contribution is 2.24. The normalized spacial score (nSPS) is 11.2. The van der Waals surface area contributed by atoms with Gasteiger partial charge in [-0.25, -0.2) is 4.79 Å². The molecule has 1 rings (SSSR count). The van der Waals surface area contributed by atoms with Crippen LogP contribution in [0.15, 0.2) is 18.2 Å². The molecule has 0 amide bonds. The van der Waals surface area contributed by atoms with Gasteiger partial charge in [0.2, 0.25) is 0 Å². The first-order chi connectivity index (χ1) is 9.89. The van der Waals surface area contributed by atoms with Crippen molar-refractivity contribution in [3.05, 3.63) is 23.8 Å². The van der Waals surface area contributed by atoms with Crippen molar-refractivity contribution in [3.8, 4) is 0 Å². The van der Waals surface area contributed by atoms with Crippen molar-refractivity contribution in [3.63, 3.8) is 0 Å². The monoisotopic (exact) mass is 294 g/mol. The third-order valence-corrected chi connectivity index (χ3v) is 3.28. The molecule has 118 valence electrons. The lowest BCUT2D eigenvalue weighted by Crippen LogP contribution is -2.25. The second-order valence-corrected chi connectivity index (χ2v) is 5.79. The smallest absolute Gasteiger partial charge is 0.340 e. The highest BCUT2D eigenvalue weighted by atomic mass is 16.5. The number of ether oxygens (including phenoxy) is 2. The highest BCUT2D eigenvalue weighted by Gasteiger charge is 2.19. The van der Waals surface area contributed by atoms with E-state index in [-0.39, 0.29) is 11.4 Å². The second kappa shape index (κ2) is 7.88. The van der Waals surface area contributed by atoms with Crippen LogP contribution in [0.5, 0.6) is 0 Å². The van der Waals surface area contributed by atoms with Gasteiger partial charge in [-0.2, -0.15) is 0 Å². The number of hydrogen-bond acceptors (Lipinski definition) is 5. The van der Waals surface area contributed by atoms with Gasteiger partial charge in [-0.15, -0.1) is 0 Å². The Bertz CT molecular complexity index is 473. The summed E-state index contributed by atoms with van der Waals surface area (Å²) in [6, 6.07) is 5.23. The number of nitrogen functional groups attached to an aromatic ring is 1. The summed E-state index contributed by atoms with van der Waals surface area (Å²) < 4.78 is 10.2. The molecule has 5 heteroatoms. The maximum absolute atomic E-state index is 12.0. The van der Waals surface area contributed by atoms with Gasteiger partial charge in [0, 0.05) is 31.6 Å². The van der Waals surface area contributed by atoms with E-state index >= 15 is 0 Å². The SMILES string of the molecule is CCOC(=O)c1cc(N)ccc1NCC(C)(C)CCOC. The lowest BCUT2D eigenvalue weighted by atomic mass is 9.89. The van der Waals surface area contributed by atoms with E-state index in [1.54, 1.807) is 26.2 Å². The van der Waals surface area contributed by atoms with E-state index in [1.807, 2.05) is 6.07 Å². The summed E-state index contributed by atoms with van der Waals surface area (Å²) in [7, 11) is 1.70. The molecule has 0 spiro atoms. The average Bonchev–Trinajstić information content (AvgIpc) is 2.44. The van der Waals surface area contributed by atoms with E-state index in [4.69, 9.17) is 15.2 Å². The van der Waals surface area contributed by atoms with Gasteiger partial charge in [-0.05, 0) is 37.0 Å². The lowest BCUT2D eigenvalue weighted by Gasteiger charge is -2.25. The topological polar surface area (TPSA) is 73.6 Å². The molecule has 21 heavy (non-hydrogen) atoms. The van der Waals surface area contributed by atoms with Crippen molar-refractivity contribution in [1.82, 2.24) is 0 Å². The van der Waals surface area contributed by atoms with E-state index in [0.29, 0.717) is 24.5 Å². The summed E-state index contributed by atoms with van der Waals surface area (Å²) in [6.07, 6.45) is 0.931. The molecule has 0 unspecified atom stereocenters. The van der Waals surface area contributed by atoms with Crippen LogP contribution in [0.1, 0.15) is 37.6 Å². The molecular formula is C16H26N2O3. The van der Waals surface area contributed by atoms with Gasteiger partial charge in [0.15, 0.2) is 0 Å². The van der Waals surface area contributed by atoms with Crippen molar-refractivity contribution in [2.45, 2.75) is 27.2 Å². The molecule has 3 N–H and O–H groups in total. The Morgan fingerprint density at radius 2 is 2.10 bits per heavy atom. The van der Waals surface area contributed by atoms with Crippen LogP contribution in [0.25, 0.3) is 0 Å². The van der Waals surface area contributed by atoms with Crippen LogP contribution in [0, 0.1) is 5.41 Å². The Kier molecular flexibility index (Phi) is 6.49. The van der Waals surface area contributed by atoms with Gasteiger partial charge in [0.05, 0.1) is 12.2 Å². The Morgan fingerprint density at radius 3 is 2.71 bits per heavy atom. The first-order valence-electron chi connectivity index (χ1n) is 7.19. The number of anilines is 2. The molecule has 0 aliphatic carbocycles. The van der Waals surface area contributed by atoms with E-state index in [0.717, 1.165) is 18.7 Å². The van der Waals surface area contributed by atoms with Gasteiger partial charge in [-0.1, -0.05) is 13.8 Å². The van der Waals surface area contributed by atoms with E-state index in [9.17, 15) is 4.79 Å². The number of carbonyl (C=O) groups excluding carboxylic acids is 1. The zero-order valence-electron chi connectivity index (χ0n) is 13.4. The molecule has 0 atom stereocenters. The second-order valence-electron chi connectivity index (χ2n) is 5.79. The van der Waals surface area contributed by atoms with Crippen molar-refractivity contribution >= 4 is 17.3 Å². The fraction of sp³-hybridized carbons (Fsp3) is 0.562. The van der Waals surface area contributed by atoms with Crippen LogP contribution < -0.4 is 11.1 Å². The fourth-order valence-electron chi connectivity index (χ4n) is 1.89. The third kappa shape index (κ3) is 5.63. The number of carbonyl (C=O) groups is 1. The summed E-state index contributed by atoms with van der Waals surface area (Å²) in [5.41, 5.74) is 7.57. The number of nitrogens with one attached hydrogen (secondary N) is 1. The number of benzene rings is 1.